The molecule has 0 aliphatic carbocycles. The smallest absolute Gasteiger partial charge is 0.420 e. The number of amides is 1. The number of rotatable bonds is 9. The third-order valence-electron chi connectivity index (χ3n) is 3.83. The van der Waals surface area contributed by atoms with Crippen LogP contribution in [0, 0.1) is 0 Å². The van der Waals surface area contributed by atoms with Gasteiger partial charge in [0.15, 0.2) is 5.75 Å². The molecule has 1 aromatic carbocycles. The number of hydrogen-bond donors (Lipinski definition) is 2. The number of nitrogens with one attached hydrogen (secondary N) is 1. The van der Waals surface area contributed by atoms with Gasteiger partial charge < -0.3 is 13.9 Å². The Labute approximate surface area is 162 Å². The number of alkyl halides is 3. The number of likely N-dealkylation sites (N-methyl/N-ethyl adjacent to an activating group) is 1. The van der Waals surface area contributed by atoms with Crippen molar-refractivity contribution >= 4 is 17.3 Å². The van der Waals surface area contributed by atoms with Gasteiger partial charge in [-0.25, -0.2) is 0 Å². The van der Waals surface area contributed by atoms with Gasteiger partial charge in [-0.3, -0.25) is 14.2 Å². The lowest BCUT2D eigenvalue weighted by atomic mass is 10.1. The number of benzene rings is 1. The minimum Gasteiger partial charge on any atom is -0.468 e. The summed E-state index contributed by atoms with van der Waals surface area (Å²) in [6.07, 6.45) is -3.04. The van der Waals surface area contributed by atoms with Gasteiger partial charge in [-0.1, -0.05) is 6.07 Å². The van der Waals surface area contributed by atoms with Crippen molar-refractivity contribution in [2.75, 3.05) is 20.1 Å². The van der Waals surface area contributed by atoms with E-state index in [0.29, 0.717) is 17.9 Å². The lowest BCUT2D eigenvalue weighted by Crippen LogP contribution is -2.36. The number of furan rings is 1. The van der Waals surface area contributed by atoms with Gasteiger partial charge in [0, 0.05) is 13.6 Å². The molecule has 1 aromatic heterocycles. The molecule has 2 aromatic rings. The molecule has 1 unspecified atom stereocenters. The zero-order valence-corrected chi connectivity index (χ0v) is 15.7. The Morgan fingerprint density at radius 1 is 1.36 bits per heavy atom. The molecule has 11 heteroatoms. The molecular weight excluding hydrogens is 401 g/mol. The van der Waals surface area contributed by atoms with Crippen LogP contribution in [0.15, 0.2) is 41.0 Å². The van der Waals surface area contributed by atoms with Gasteiger partial charge in [0.25, 0.3) is 0 Å². The van der Waals surface area contributed by atoms with Crippen molar-refractivity contribution in [2.24, 2.45) is 0 Å². The summed E-state index contributed by atoms with van der Waals surface area (Å²) in [6, 6.07) is 6.68. The number of halogens is 3. The third kappa shape index (κ3) is 6.66. The van der Waals surface area contributed by atoms with Gasteiger partial charge in [-0.15, -0.1) is 0 Å². The average Bonchev–Trinajstić information content (AvgIpc) is 3.12. The molecule has 0 fully saturated rings. The number of carbonyl (C=O) groups excluding carboxylic acids is 1. The maximum atomic E-state index is 13.2. The topological polar surface area (TPSA) is 92.0 Å². The van der Waals surface area contributed by atoms with Crippen LogP contribution in [-0.2, 0) is 35.3 Å². The molecule has 0 spiro atoms. The summed E-state index contributed by atoms with van der Waals surface area (Å²) in [4.78, 5) is 13.4. The molecule has 1 atom stereocenters. The second kappa shape index (κ2) is 9.71. The van der Waals surface area contributed by atoms with E-state index in [0.717, 1.165) is 12.1 Å². The van der Waals surface area contributed by atoms with E-state index in [4.69, 9.17) is 8.97 Å². The second-order valence-electron chi connectivity index (χ2n) is 5.84. The summed E-state index contributed by atoms with van der Waals surface area (Å²) in [5.74, 6) is -0.347. The van der Waals surface area contributed by atoms with E-state index < -0.39 is 28.9 Å². The first-order chi connectivity index (χ1) is 13.2. The normalized spacial score (nSPS) is 12.8. The van der Waals surface area contributed by atoms with Crippen LogP contribution in [0.1, 0.15) is 16.9 Å². The first-order valence-electron chi connectivity index (χ1n) is 8.13. The Morgan fingerprint density at radius 3 is 2.68 bits per heavy atom. The van der Waals surface area contributed by atoms with Crippen molar-refractivity contribution < 1.29 is 35.3 Å². The molecule has 0 saturated heterocycles. The Hall–Kier alpha value is -2.37. The standard InChI is InChI=1S/C17H19F3N2O5S/c1-21-16(23)11-22(10-13-3-2-8-26-13)7-6-12-4-5-15(27-28(24)25)14(9-12)17(18,19)20/h2-5,8-9H,6-7,10-11H2,1H3,(H,21,23)(H,24,25). The van der Waals surface area contributed by atoms with Crippen molar-refractivity contribution in [1.82, 2.24) is 10.2 Å². The molecule has 0 bridgehead atoms. The fourth-order valence-electron chi connectivity index (χ4n) is 2.51. The van der Waals surface area contributed by atoms with Crippen molar-refractivity contribution in [1.29, 1.82) is 0 Å². The number of nitrogens with zero attached hydrogens (tertiary/aromatic N) is 1. The molecule has 1 amide bonds. The summed E-state index contributed by atoms with van der Waals surface area (Å²) >= 11 is -2.87. The van der Waals surface area contributed by atoms with Crippen LogP contribution >= 0.6 is 0 Å². The highest BCUT2D eigenvalue weighted by atomic mass is 32.2. The molecule has 0 radical (unpaired) electrons. The lowest BCUT2D eigenvalue weighted by molar-refractivity contribution is -0.138. The second-order valence-corrected chi connectivity index (χ2v) is 6.44. The fourth-order valence-corrected chi connectivity index (χ4v) is 2.81. The van der Waals surface area contributed by atoms with Gasteiger partial charge in [0.05, 0.1) is 24.9 Å². The van der Waals surface area contributed by atoms with E-state index in [1.54, 1.807) is 17.0 Å². The highest BCUT2D eigenvalue weighted by Gasteiger charge is 2.35. The minimum atomic E-state index is -4.75. The lowest BCUT2D eigenvalue weighted by Gasteiger charge is -2.21. The van der Waals surface area contributed by atoms with Crippen LogP contribution in [0.5, 0.6) is 5.75 Å². The maximum absolute atomic E-state index is 13.2. The Morgan fingerprint density at radius 2 is 2.11 bits per heavy atom. The van der Waals surface area contributed by atoms with Gasteiger partial charge in [0.1, 0.15) is 5.76 Å². The van der Waals surface area contributed by atoms with E-state index in [-0.39, 0.29) is 25.4 Å². The molecule has 2 N–H and O–H groups in total. The predicted molar refractivity (Wildman–Crippen MR) is 94.6 cm³/mol. The van der Waals surface area contributed by atoms with E-state index in [9.17, 15) is 22.2 Å². The minimum absolute atomic E-state index is 0.0496. The Bertz CT molecular complexity index is 812. The highest BCUT2D eigenvalue weighted by Crippen LogP contribution is 2.37. The van der Waals surface area contributed by atoms with Crippen LogP contribution in [0.3, 0.4) is 0 Å². The quantitative estimate of drug-likeness (QED) is 0.606. The van der Waals surface area contributed by atoms with Crippen LogP contribution < -0.4 is 9.50 Å². The molecular formula is C17H19F3N2O5S. The monoisotopic (exact) mass is 420 g/mol. The predicted octanol–water partition coefficient (Wildman–Crippen LogP) is 2.60. The maximum Gasteiger partial charge on any atom is 0.420 e. The molecule has 154 valence electrons. The van der Waals surface area contributed by atoms with Crippen LogP contribution in [0.25, 0.3) is 0 Å². The van der Waals surface area contributed by atoms with Gasteiger partial charge >= 0.3 is 17.5 Å². The van der Waals surface area contributed by atoms with Crippen molar-refractivity contribution in [2.45, 2.75) is 19.1 Å². The van der Waals surface area contributed by atoms with E-state index in [2.05, 4.69) is 9.50 Å². The summed E-state index contributed by atoms with van der Waals surface area (Å²) in [7, 11) is 1.49. The molecule has 0 aliphatic heterocycles. The third-order valence-corrected chi connectivity index (χ3v) is 4.15. The van der Waals surface area contributed by atoms with Crippen LogP contribution in [-0.4, -0.2) is 39.7 Å². The SMILES string of the molecule is CNC(=O)CN(CCc1ccc(OS(=O)O)c(C(F)(F)F)c1)Cc1ccco1. The van der Waals surface area contributed by atoms with Gasteiger partial charge in [-0.05, 0) is 36.2 Å². The van der Waals surface area contributed by atoms with Crippen LogP contribution in [0.2, 0.25) is 0 Å². The van der Waals surface area contributed by atoms with Crippen molar-refractivity contribution in [3.63, 3.8) is 0 Å². The average molecular weight is 420 g/mol. The summed E-state index contributed by atoms with van der Waals surface area (Å²) in [6.45, 7) is 0.656. The zero-order valence-electron chi connectivity index (χ0n) is 14.9. The van der Waals surface area contributed by atoms with E-state index >= 15 is 0 Å². The molecule has 1 heterocycles. The first-order valence-corrected chi connectivity index (χ1v) is 9.17. The van der Waals surface area contributed by atoms with Gasteiger partial charge in [0.2, 0.25) is 5.91 Å². The summed E-state index contributed by atoms with van der Waals surface area (Å²) in [5, 5.41) is 2.50. The first kappa shape index (κ1) is 21.9. The Kier molecular flexibility index (Phi) is 7.61. The number of carbonyl (C=O) groups is 1. The zero-order chi connectivity index (χ0) is 20.7. The molecule has 7 nitrogen and oxygen atoms in total. The molecule has 28 heavy (non-hydrogen) atoms. The summed E-state index contributed by atoms with van der Waals surface area (Å²) < 4.78 is 68.6. The molecule has 0 aliphatic rings. The van der Waals surface area contributed by atoms with Crippen molar-refractivity contribution in [3.8, 4) is 5.75 Å². The van der Waals surface area contributed by atoms with Gasteiger partial charge in [-0.2, -0.15) is 17.4 Å². The Balaban J connectivity index is 2.14. The molecule has 0 saturated carbocycles. The van der Waals surface area contributed by atoms with E-state index in [1.807, 2.05) is 0 Å². The summed E-state index contributed by atoms with van der Waals surface area (Å²) in [5.41, 5.74) is -0.805. The van der Waals surface area contributed by atoms with Crippen LogP contribution in [0.4, 0.5) is 13.2 Å². The molecule has 2 rings (SSSR count). The largest absolute Gasteiger partial charge is 0.468 e. The van der Waals surface area contributed by atoms with E-state index in [1.165, 1.54) is 19.4 Å². The highest BCUT2D eigenvalue weighted by molar-refractivity contribution is 7.74. The fraction of sp³-hybridized carbons (Fsp3) is 0.353. The van der Waals surface area contributed by atoms with Crippen molar-refractivity contribution in [3.05, 3.63) is 53.5 Å². The number of hydrogen-bond acceptors (Lipinski definition) is 5.